The highest BCUT2D eigenvalue weighted by Gasteiger charge is 2.29. The van der Waals surface area contributed by atoms with Gasteiger partial charge in [0, 0.05) is 36.9 Å². The number of allylic oxidation sites excluding steroid dienone is 4. The van der Waals surface area contributed by atoms with Crippen LogP contribution in [-0.4, -0.2) is 26.4 Å². The lowest BCUT2D eigenvalue weighted by Gasteiger charge is -2.32. The van der Waals surface area contributed by atoms with E-state index in [0.717, 1.165) is 33.2 Å². The predicted molar refractivity (Wildman–Crippen MR) is 175 cm³/mol. The van der Waals surface area contributed by atoms with Crippen molar-refractivity contribution in [2.24, 2.45) is 5.92 Å². The number of aromatic nitrogens is 2. The van der Waals surface area contributed by atoms with Gasteiger partial charge < -0.3 is 14.6 Å². The average molecular weight is 592 g/mol. The van der Waals surface area contributed by atoms with Gasteiger partial charge >= 0.3 is 0 Å². The van der Waals surface area contributed by atoms with Gasteiger partial charge in [0.05, 0.1) is 24.1 Å². The molecule has 1 aliphatic carbocycles. The van der Waals surface area contributed by atoms with E-state index >= 15 is 0 Å². The molecule has 0 saturated heterocycles. The fourth-order valence-corrected chi connectivity index (χ4v) is 6.18. The van der Waals surface area contributed by atoms with Crippen LogP contribution in [0.25, 0.3) is 10.8 Å². The number of carbonyl (C=O) groups excluding carboxylic acids is 1. The molecule has 2 atom stereocenters. The molecule has 4 bridgehead atoms. The molecule has 2 aliphatic rings. The normalized spacial score (nSPS) is 18.7. The van der Waals surface area contributed by atoms with E-state index in [9.17, 15) is 10.1 Å². The van der Waals surface area contributed by atoms with E-state index in [0.29, 0.717) is 49.7 Å². The van der Waals surface area contributed by atoms with E-state index < -0.39 is 6.04 Å². The average Bonchev–Trinajstić information content (AvgIpc) is 3.50. The molecule has 2 heterocycles. The molecule has 0 spiro atoms. The quantitative estimate of drug-likeness (QED) is 0.243. The lowest BCUT2D eigenvalue weighted by molar-refractivity contribution is -0.121. The summed E-state index contributed by atoms with van der Waals surface area (Å²) in [6, 6.07) is 34.1. The summed E-state index contributed by atoms with van der Waals surface area (Å²) in [7, 11) is 0. The molecule has 2 unspecified atom stereocenters. The Morgan fingerprint density at radius 1 is 0.933 bits per heavy atom. The molecule has 5 aromatic rings. The van der Waals surface area contributed by atoms with E-state index in [1.165, 1.54) is 0 Å². The first-order valence-corrected chi connectivity index (χ1v) is 15.3. The molecule has 0 fully saturated rings. The van der Waals surface area contributed by atoms with E-state index in [4.69, 9.17) is 4.74 Å². The number of ether oxygens (including phenoxy) is 1. The van der Waals surface area contributed by atoms with Gasteiger partial charge in [-0.2, -0.15) is 5.26 Å². The van der Waals surface area contributed by atoms with Crippen LogP contribution in [0.5, 0.6) is 5.75 Å². The molecule has 1 aliphatic heterocycles. The largest absolute Gasteiger partial charge is 0.460 e. The first-order valence-electron chi connectivity index (χ1n) is 15.3. The first-order chi connectivity index (χ1) is 22.1. The van der Waals surface area contributed by atoms with Crippen LogP contribution in [0.3, 0.4) is 0 Å². The van der Waals surface area contributed by atoms with Crippen molar-refractivity contribution in [2.75, 3.05) is 5.32 Å². The molecule has 1 aromatic heterocycles. The van der Waals surface area contributed by atoms with Crippen LogP contribution in [0.4, 0.5) is 5.69 Å². The smallest absolute Gasteiger partial charge is 0.242 e. The standard InChI is InChI=1S/C38H33N5O2/c39-21-31-15-14-29-19-37(31)45-33-17-16-30-12-7-13-35(34(30)20-33)41-38(44)36(18-27-8-3-1-4-9-27)42(23-28-10-5-2-6-11-28)25-32-22-40-26-43(32)24-29/h1-14,16-17,19-20,22,26,31,36H,15,18,23-25H2,(H,41,44). The highest BCUT2D eigenvalue weighted by Crippen LogP contribution is 2.33. The Labute approximate surface area is 262 Å². The maximum Gasteiger partial charge on any atom is 0.242 e. The van der Waals surface area contributed by atoms with Crippen molar-refractivity contribution >= 4 is 22.4 Å². The van der Waals surface area contributed by atoms with Crippen molar-refractivity contribution in [3.05, 3.63) is 150 Å². The monoisotopic (exact) mass is 591 g/mol. The lowest BCUT2D eigenvalue weighted by atomic mass is 9.95. The van der Waals surface area contributed by atoms with Crippen molar-refractivity contribution in [1.29, 1.82) is 5.26 Å². The summed E-state index contributed by atoms with van der Waals surface area (Å²) in [6.45, 7) is 1.68. The number of carbonyl (C=O) groups is 1. The Bertz CT molecular complexity index is 1940. The number of hydrogen-bond donors (Lipinski definition) is 1. The summed E-state index contributed by atoms with van der Waals surface area (Å²) >= 11 is 0. The number of amides is 1. The van der Waals surface area contributed by atoms with Gasteiger partial charge in [0.2, 0.25) is 5.91 Å². The third kappa shape index (κ3) is 6.28. The molecular weight excluding hydrogens is 558 g/mol. The predicted octanol–water partition coefficient (Wildman–Crippen LogP) is 7.03. The van der Waals surface area contributed by atoms with Gasteiger partial charge in [0.1, 0.15) is 17.4 Å². The summed E-state index contributed by atoms with van der Waals surface area (Å²) in [5.41, 5.74) is 4.98. The molecule has 45 heavy (non-hydrogen) atoms. The highest BCUT2D eigenvalue weighted by atomic mass is 16.5. The Morgan fingerprint density at radius 3 is 2.53 bits per heavy atom. The second kappa shape index (κ2) is 12.7. The van der Waals surface area contributed by atoms with E-state index in [1.807, 2.05) is 91.4 Å². The number of nitriles is 1. The Balaban J connectivity index is 1.36. The summed E-state index contributed by atoms with van der Waals surface area (Å²) in [4.78, 5) is 21.2. The fourth-order valence-electron chi connectivity index (χ4n) is 6.18. The second-order valence-electron chi connectivity index (χ2n) is 11.6. The number of nitrogens with zero attached hydrogens (tertiary/aromatic N) is 4. The van der Waals surface area contributed by atoms with Crippen LogP contribution in [-0.2, 0) is 30.8 Å². The second-order valence-corrected chi connectivity index (χ2v) is 11.6. The molecule has 222 valence electrons. The first kappa shape index (κ1) is 28.3. The van der Waals surface area contributed by atoms with Crippen molar-refractivity contribution in [1.82, 2.24) is 14.5 Å². The van der Waals surface area contributed by atoms with Crippen LogP contribution in [0.2, 0.25) is 0 Å². The van der Waals surface area contributed by atoms with Gasteiger partial charge in [-0.3, -0.25) is 9.69 Å². The van der Waals surface area contributed by atoms with E-state index in [2.05, 4.69) is 56.2 Å². The third-order valence-electron chi connectivity index (χ3n) is 8.55. The number of rotatable bonds is 4. The van der Waals surface area contributed by atoms with Crippen LogP contribution in [0.1, 0.15) is 23.2 Å². The number of nitrogens with one attached hydrogen (secondary N) is 1. The molecule has 7 nitrogen and oxygen atoms in total. The Morgan fingerprint density at radius 2 is 1.73 bits per heavy atom. The molecule has 7 heteroatoms. The van der Waals surface area contributed by atoms with E-state index in [1.54, 1.807) is 0 Å². The Hall–Kier alpha value is -5.45. The van der Waals surface area contributed by atoms with Gasteiger partial charge in [-0.25, -0.2) is 4.98 Å². The molecule has 1 amide bonds. The van der Waals surface area contributed by atoms with Gasteiger partial charge in [-0.05, 0) is 59.2 Å². The lowest BCUT2D eigenvalue weighted by Crippen LogP contribution is -2.45. The molecule has 7 rings (SSSR count). The zero-order valence-electron chi connectivity index (χ0n) is 24.8. The fraction of sp³-hybridized carbons (Fsp3) is 0.184. The van der Waals surface area contributed by atoms with Crippen molar-refractivity contribution in [3.63, 3.8) is 0 Å². The van der Waals surface area contributed by atoms with Crippen molar-refractivity contribution in [2.45, 2.75) is 38.5 Å². The molecule has 1 N–H and O–H groups in total. The summed E-state index contributed by atoms with van der Waals surface area (Å²) in [6.07, 6.45) is 8.94. The van der Waals surface area contributed by atoms with Crippen molar-refractivity contribution in [3.8, 4) is 11.8 Å². The van der Waals surface area contributed by atoms with Crippen LogP contribution >= 0.6 is 0 Å². The summed E-state index contributed by atoms with van der Waals surface area (Å²) < 4.78 is 8.50. The number of imidazole rings is 1. The maximum absolute atomic E-state index is 14.5. The molecular formula is C38H33N5O2. The summed E-state index contributed by atoms with van der Waals surface area (Å²) in [5.74, 6) is 0.788. The number of benzene rings is 4. The minimum absolute atomic E-state index is 0.0846. The molecule has 0 saturated carbocycles. The highest BCUT2D eigenvalue weighted by molar-refractivity contribution is 6.04. The topological polar surface area (TPSA) is 83.2 Å². The minimum Gasteiger partial charge on any atom is -0.460 e. The van der Waals surface area contributed by atoms with Crippen LogP contribution in [0.15, 0.2) is 133 Å². The zero-order valence-corrected chi connectivity index (χ0v) is 24.8. The van der Waals surface area contributed by atoms with Crippen molar-refractivity contribution < 1.29 is 9.53 Å². The molecule has 4 aromatic carbocycles. The van der Waals surface area contributed by atoms with Gasteiger partial charge in [-0.1, -0.05) is 84.9 Å². The van der Waals surface area contributed by atoms with Gasteiger partial charge in [0.15, 0.2) is 0 Å². The SMILES string of the molecule is N#CC1CC=C2C=C1Oc1ccc3cccc(c3c1)NC(=O)C(Cc1ccccc1)N(Cc1ccccc1)Cc1cncn1C2. The summed E-state index contributed by atoms with van der Waals surface area (Å²) in [5, 5.41) is 15.1. The maximum atomic E-state index is 14.5. The molecule has 0 radical (unpaired) electrons. The number of fused-ring (bicyclic) bond motifs is 3. The van der Waals surface area contributed by atoms with Crippen LogP contribution < -0.4 is 10.1 Å². The number of hydrogen-bond acceptors (Lipinski definition) is 5. The number of anilines is 1. The van der Waals surface area contributed by atoms with Gasteiger partial charge in [0.25, 0.3) is 0 Å². The third-order valence-corrected chi connectivity index (χ3v) is 8.55. The van der Waals surface area contributed by atoms with E-state index in [-0.39, 0.29) is 11.8 Å². The minimum atomic E-state index is -0.477. The van der Waals surface area contributed by atoms with Gasteiger partial charge in [-0.15, -0.1) is 0 Å². The zero-order chi connectivity index (χ0) is 30.6. The van der Waals surface area contributed by atoms with Crippen LogP contribution in [0, 0.1) is 17.2 Å². The Kier molecular flexibility index (Phi) is 7.96.